The lowest BCUT2D eigenvalue weighted by atomic mass is 10.0. The lowest BCUT2D eigenvalue weighted by molar-refractivity contribution is 1.17. The van der Waals surface area contributed by atoms with Crippen LogP contribution in [0.5, 0.6) is 0 Å². The lowest BCUT2D eigenvalue weighted by Crippen LogP contribution is -2.24. The van der Waals surface area contributed by atoms with E-state index < -0.39 is 0 Å². The van der Waals surface area contributed by atoms with Crippen molar-refractivity contribution >= 4 is 45.5 Å². The third-order valence-corrected chi connectivity index (χ3v) is 5.56. The van der Waals surface area contributed by atoms with Crippen LogP contribution in [0.2, 0.25) is 0 Å². The van der Waals surface area contributed by atoms with Gasteiger partial charge in [0.05, 0.1) is 59.2 Å². The summed E-state index contributed by atoms with van der Waals surface area (Å²) >= 11 is 0. The average molecular weight is 434 g/mol. The fraction of sp³-hybridized carbons (Fsp3) is 0. The molecule has 0 spiro atoms. The summed E-state index contributed by atoms with van der Waals surface area (Å²) in [5, 5.41) is 19.1. The quantitative estimate of drug-likeness (QED) is 0.266. The molecule has 0 fully saturated rings. The molecule has 1 heterocycles. The largest absolute Gasteiger partial charge is 0.309 e. The Morgan fingerprint density at radius 2 is 0.941 bits per heavy atom. The minimum absolute atomic E-state index is 0.390. The van der Waals surface area contributed by atoms with Crippen LogP contribution in [-0.2, 0) is 0 Å². The summed E-state index contributed by atoms with van der Waals surface area (Å²) in [7, 11) is 0. The third kappa shape index (κ3) is 3.26. The highest BCUT2D eigenvalue weighted by atomic mass is 15.3. The Hall–Kier alpha value is -5.56. The Morgan fingerprint density at radius 3 is 1.29 bits per heavy atom. The smallest absolute Gasteiger partial charge is 0.179 e. The number of anilines is 6. The first-order valence-electron chi connectivity index (χ1n) is 10.3. The topological polar surface area (TPSA) is 62.8 Å². The van der Waals surface area contributed by atoms with Gasteiger partial charge in [0, 0.05) is 11.4 Å². The van der Waals surface area contributed by atoms with Crippen molar-refractivity contribution in [3.63, 3.8) is 0 Å². The molecule has 1 aliphatic rings. The molecule has 6 nitrogen and oxygen atoms in total. The summed E-state index contributed by atoms with van der Waals surface area (Å²) in [6, 6.07) is 30.1. The van der Waals surface area contributed by atoms with E-state index in [2.05, 4.69) is 21.8 Å². The molecule has 0 N–H and O–H groups in total. The van der Waals surface area contributed by atoms with E-state index in [4.69, 9.17) is 13.1 Å². The third-order valence-electron chi connectivity index (χ3n) is 5.56. The maximum absolute atomic E-state index is 9.53. The van der Waals surface area contributed by atoms with Crippen LogP contribution in [0.4, 0.5) is 45.5 Å². The van der Waals surface area contributed by atoms with Crippen LogP contribution < -0.4 is 9.80 Å². The van der Waals surface area contributed by atoms with Gasteiger partial charge in [-0.2, -0.15) is 10.5 Å². The second-order valence-electron chi connectivity index (χ2n) is 7.57. The SMILES string of the molecule is [C-]#[N+]c1cc([N+]#[C-])cc(N2c3ccccc3N(c3cc(C#N)cc(C#N)c3)c3ccccc32)c1. The molecule has 0 amide bonds. The highest BCUT2D eigenvalue weighted by Crippen LogP contribution is 2.54. The van der Waals surface area contributed by atoms with E-state index in [0.717, 1.165) is 22.7 Å². The van der Waals surface area contributed by atoms with Crippen molar-refractivity contribution in [3.8, 4) is 12.1 Å². The fourth-order valence-corrected chi connectivity index (χ4v) is 4.21. The molecule has 5 rings (SSSR count). The molecule has 0 saturated heterocycles. The van der Waals surface area contributed by atoms with Crippen LogP contribution >= 0.6 is 0 Å². The molecule has 4 aromatic carbocycles. The van der Waals surface area contributed by atoms with Crippen molar-refractivity contribution in [3.05, 3.63) is 119 Å². The summed E-state index contributed by atoms with van der Waals surface area (Å²) in [5.74, 6) is 0. The van der Waals surface area contributed by atoms with E-state index in [1.54, 1.807) is 36.4 Å². The van der Waals surface area contributed by atoms with Crippen molar-refractivity contribution in [1.29, 1.82) is 10.5 Å². The van der Waals surface area contributed by atoms with E-state index in [0.29, 0.717) is 33.9 Å². The van der Waals surface area contributed by atoms with Gasteiger partial charge in [0.25, 0.3) is 0 Å². The van der Waals surface area contributed by atoms with E-state index in [1.165, 1.54) is 0 Å². The van der Waals surface area contributed by atoms with Crippen LogP contribution in [0, 0.1) is 35.8 Å². The fourth-order valence-electron chi connectivity index (χ4n) is 4.21. The normalized spacial score (nSPS) is 11.3. The van der Waals surface area contributed by atoms with Gasteiger partial charge in [-0.1, -0.05) is 30.3 Å². The monoisotopic (exact) mass is 434 g/mol. The predicted molar refractivity (Wildman–Crippen MR) is 131 cm³/mol. The standard InChI is InChI=1S/C28H14N6/c1-31-21-14-22(32-2)16-24(15-21)34-27-9-5-3-7-25(27)33(26-8-4-6-10-28(26)34)23-12-19(17-29)11-20(13-23)18-30/h3-16H. The first kappa shape index (κ1) is 20.3. The van der Waals surface area contributed by atoms with Gasteiger partial charge in [-0.3, -0.25) is 0 Å². The zero-order valence-corrected chi connectivity index (χ0v) is 17.8. The number of nitriles is 2. The number of benzene rings is 4. The Morgan fingerprint density at radius 1 is 0.559 bits per heavy atom. The number of hydrogen-bond donors (Lipinski definition) is 0. The molecule has 0 atom stereocenters. The molecular formula is C28H14N6. The maximum atomic E-state index is 9.53. The van der Waals surface area contributed by atoms with Gasteiger partial charge in [-0.15, -0.1) is 0 Å². The van der Waals surface area contributed by atoms with Gasteiger partial charge < -0.3 is 9.80 Å². The summed E-state index contributed by atoms with van der Waals surface area (Å²) in [4.78, 5) is 11.2. The Kier molecular flexibility index (Phi) is 4.89. The van der Waals surface area contributed by atoms with Gasteiger partial charge in [0.1, 0.15) is 0 Å². The molecule has 0 bridgehead atoms. The second kappa shape index (κ2) is 8.18. The molecule has 156 valence electrons. The molecule has 0 saturated carbocycles. The van der Waals surface area contributed by atoms with Crippen LogP contribution in [0.3, 0.4) is 0 Å². The van der Waals surface area contributed by atoms with E-state index >= 15 is 0 Å². The highest BCUT2D eigenvalue weighted by molar-refractivity contribution is 6.02. The average Bonchev–Trinajstić information content (AvgIpc) is 2.90. The Balaban J connectivity index is 1.81. The van der Waals surface area contributed by atoms with Crippen molar-refractivity contribution in [2.45, 2.75) is 0 Å². The lowest BCUT2D eigenvalue weighted by Gasteiger charge is -2.40. The van der Waals surface area contributed by atoms with Crippen LogP contribution in [-0.4, -0.2) is 0 Å². The highest BCUT2D eigenvalue weighted by Gasteiger charge is 2.30. The Labute approximate surface area is 197 Å². The molecule has 0 radical (unpaired) electrons. The number of fused-ring (bicyclic) bond motifs is 2. The first-order chi connectivity index (χ1) is 16.7. The zero-order chi connectivity index (χ0) is 23.7. The van der Waals surface area contributed by atoms with Gasteiger partial charge in [0.2, 0.25) is 0 Å². The van der Waals surface area contributed by atoms with Crippen LogP contribution in [0.15, 0.2) is 84.9 Å². The minimum atomic E-state index is 0.390. The maximum Gasteiger partial charge on any atom is 0.179 e. The second-order valence-corrected chi connectivity index (χ2v) is 7.57. The summed E-state index contributed by atoms with van der Waals surface area (Å²) < 4.78 is 0. The van der Waals surface area contributed by atoms with Crippen LogP contribution in [0.1, 0.15) is 11.1 Å². The molecule has 4 aromatic rings. The summed E-state index contributed by atoms with van der Waals surface area (Å²) in [5.41, 5.74) is 6.38. The molecule has 34 heavy (non-hydrogen) atoms. The van der Waals surface area contributed by atoms with Gasteiger partial charge >= 0.3 is 0 Å². The number of nitrogens with zero attached hydrogens (tertiary/aromatic N) is 6. The first-order valence-corrected chi connectivity index (χ1v) is 10.3. The van der Waals surface area contributed by atoms with Gasteiger partial charge in [-0.25, -0.2) is 9.69 Å². The van der Waals surface area contributed by atoms with E-state index in [9.17, 15) is 10.5 Å². The van der Waals surface area contributed by atoms with Crippen molar-refractivity contribution in [2.75, 3.05) is 9.80 Å². The summed E-state index contributed by atoms with van der Waals surface area (Å²) in [6.07, 6.45) is 0. The number of hydrogen-bond acceptors (Lipinski definition) is 4. The van der Waals surface area contributed by atoms with Crippen molar-refractivity contribution in [2.24, 2.45) is 0 Å². The van der Waals surface area contributed by atoms with Gasteiger partial charge in [-0.05, 0) is 54.6 Å². The van der Waals surface area contributed by atoms with E-state index in [1.807, 2.05) is 58.3 Å². The molecule has 0 aliphatic carbocycles. The molecular weight excluding hydrogens is 420 g/mol. The number of rotatable bonds is 2. The molecule has 6 heteroatoms. The van der Waals surface area contributed by atoms with Gasteiger partial charge in [0.15, 0.2) is 11.4 Å². The zero-order valence-electron chi connectivity index (χ0n) is 17.8. The summed E-state index contributed by atoms with van der Waals surface area (Å²) in [6.45, 7) is 15.0. The molecule has 0 aromatic heterocycles. The van der Waals surface area contributed by atoms with Crippen LogP contribution in [0.25, 0.3) is 9.69 Å². The van der Waals surface area contributed by atoms with Crippen molar-refractivity contribution in [1.82, 2.24) is 0 Å². The Bertz CT molecular complexity index is 1390. The van der Waals surface area contributed by atoms with E-state index in [-0.39, 0.29) is 0 Å². The minimum Gasteiger partial charge on any atom is -0.309 e. The molecule has 1 aliphatic heterocycles. The number of para-hydroxylation sites is 4. The van der Waals surface area contributed by atoms with Crippen molar-refractivity contribution < 1.29 is 0 Å². The molecule has 0 unspecified atom stereocenters. The predicted octanol–water partition coefficient (Wildman–Crippen LogP) is 7.78.